The number of carbonyl (C=O) groups is 1. The van der Waals surface area contributed by atoms with Crippen LogP contribution in [0.2, 0.25) is 0 Å². The van der Waals surface area contributed by atoms with Gasteiger partial charge in [-0.15, -0.1) is 0 Å². The summed E-state index contributed by atoms with van der Waals surface area (Å²) in [5.41, 5.74) is 2.81. The summed E-state index contributed by atoms with van der Waals surface area (Å²) >= 11 is 0. The van der Waals surface area contributed by atoms with Crippen LogP contribution in [-0.2, 0) is 11.2 Å². The lowest BCUT2D eigenvalue weighted by Crippen LogP contribution is -2.28. The van der Waals surface area contributed by atoms with Gasteiger partial charge in [-0.05, 0) is 30.2 Å². The highest BCUT2D eigenvalue weighted by molar-refractivity contribution is 5.79. The Morgan fingerprint density at radius 3 is 2.59 bits per heavy atom. The highest BCUT2D eigenvalue weighted by Gasteiger charge is 2.11. The fraction of sp³-hybridized carbons (Fsp3) is 0.222. The van der Waals surface area contributed by atoms with Crippen LogP contribution < -0.4 is 10.1 Å². The van der Waals surface area contributed by atoms with Gasteiger partial charge in [0.1, 0.15) is 5.75 Å². The van der Waals surface area contributed by atoms with E-state index in [1.165, 1.54) is 0 Å². The summed E-state index contributed by atoms with van der Waals surface area (Å²) in [5.74, 6) is 0.668. The van der Waals surface area contributed by atoms with E-state index in [0.29, 0.717) is 12.2 Å². The molecule has 22 heavy (non-hydrogen) atoms. The molecule has 2 rings (SSSR count). The number of aromatic nitrogens is 1. The standard InChI is InChI=1S/C18H20N2O2/c1-4-14-5-7-15(8-6-14)11-18(21)20-13(2)17-10-9-16(22-3)12-19-17/h4-10,12-13H,1,11H2,2-3H3,(H,20,21)/t13-/m1/s1. The Labute approximate surface area is 130 Å². The summed E-state index contributed by atoms with van der Waals surface area (Å²) in [6.45, 7) is 5.62. The van der Waals surface area contributed by atoms with E-state index in [-0.39, 0.29) is 11.9 Å². The number of nitrogens with one attached hydrogen (secondary N) is 1. The zero-order valence-electron chi connectivity index (χ0n) is 12.9. The van der Waals surface area contributed by atoms with Crippen molar-refractivity contribution in [1.82, 2.24) is 10.3 Å². The first-order valence-electron chi connectivity index (χ1n) is 7.13. The van der Waals surface area contributed by atoms with Crippen LogP contribution in [0, 0.1) is 0 Å². The van der Waals surface area contributed by atoms with Crippen molar-refractivity contribution in [2.45, 2.75) is 19.4 Å². The van der Waals surface area contributed by atoms with Gasteiger partial charge in [0.15, 0.2) is 0 Å². The van der Waals surface area contributed by atoms with E-state index in [0.717, 1.165) is 16.8 Å². The highest BCUT2D eigenvalue weighted by atomic mass is 16.5. The summed E-state index contributed by atoms with van der Waals surface area (Å²) in [6.07, 6.45) is 3.77. The zero-order valence-corrected chi connectivity index (χ0v) is 12.9. The minimum Gasteiger partial charge on any atom is -0.495 e. The van der Waals surface area contributed by atoms with E-state index in [1.54, 1.807) is 19.4 Å². The number of rotatable bonds is 6. The van der Waals surface area contributed by atoms with Crippen molar-refractivity contribution >= 4 is 12.0 Å². The van der Waals surface area contributed by atoms with Gasteiger partial charge in [-0.1, -0.05) is 36.9 Å². The third-order valence-electron chi connectivity index (χ3n) is 3.40. The first-order valence-corrected chi connectivity index (χ1v) is 7.13. The van der Waals surface area contributed by atoms with E-state index in [1.807, 2.05) is 43.3 Å². The Balaban J connectivity index is 1.93. The lowest BCUT2D eigenvalue weighted by molar-refractivity contribution is -0.121. The van der Waals surface area contributed by atoms with Crippen molar-refractivity contribution in [2.75, 3.05) is 7.11 Å². The molecule has 1 amide bonds. The van der Waals surface area contributed by atoms with Crippen LogP contribution in [0.25, 0.3) is 6.08 Å². The molecule has 0 saturated carbocycles. The molecule has 0 aliphatic heterocycles. The number of methoxy groups -OCH3 is 1. The van der Waals surface area contributed by atoms with Crippen molar-refractivity contribution < 1.29 is 9.53 Å². The highest BCUT2D eigenvalue weighted by Crippen LogP contribution is 2.14. The summed E-state index contributed by atoms with van der Waals surface area (Å²) in [4.78, 5) is 16.4. The third kappa shape index (κ3) is 4.19. The molecule has 0 aliphatic carbocycles. The van der Waals surface area contributed by atoms with Crippen LogP contribution in [0.3, 0.4) is 0 Å². The van der Waals surface area contributed by atoms with Crippen molar-refractivity contribution in [3.63, 3.8) is 0 Å². The summed E-state index contributed by atoms with van der Waals surface area (Å²) < 4.78 is 5.07. The topological polar surface area (TPSA) is 51.2 Å². The second-order valence-electron chi connectivity index (χ2n) is 5.03. The van der Waals surface area contributed by atoms with E-state index < -0.39 is 0 Å². The molecule has 1 atom stereocenters. The van der Waals surface area contributed by atoms with E-state index in [9.17, 15) is 4.79 Å². The number of benzene rings is 1. The van der Waals surface area contributed by atoms with Gasteiger partial charge < -0.3 is 10.1 Å². The molecule has 0 bridgehead atoms. The Hall–Kier alpha value is -2.62. The predicted octanol–water partition coefficient (Wildman–Crippen LogP) is 3.15. The van der Waals surface area contributed by atoms with E-state index in [4.69, 9.17) is 4.74 Å². The van der Waals surface area contributed by atoms with Crippen molar-refractivity contribution in [1.29, 1.82) is 0 Å². The first-order chi connectivity index (χ1) is 10.6. The molecule has 0 saturated heterocycles. The first kappa shape index (κ1) is 15.8. The van der Waals surface area contributed by atoms with Crippen molar-refractivity contribution in [2.24, 2.45) is 0 Å². The van der Waals surface area contributed by atoms with Crippen LogP contribution in [0.1, 0.15) is 29.8 Å². The van der Waals surface area contributed by atoms with Gasteiger partial charge in [0, 0.05) is 0 Å². The Bertz CT molecular complexity index is 633. The smallest absolute Gasteiger partial charge is 0.224 e. The molecule has 0 radical (unpaired) electrons. The molecule has 0 fully saturated rings. The molecule has 1 N–H and O–H groups in total. The lowest BCUT2D eigenvalue weighted by atomic mass is 10.1. The summed E-state index contributed by atoms with van der Waals surface area (Å²) in [6, 6.07) is 11.3. The Morgan fingerprint density at radius 2 is 2.05 bits per heavy atom. The maximum absolute atomic E-state index is 12.1. The molecule has 4 heteroatoms. The number of amides is 1. The number of hydrogen-bond donors (Lipinski definition) is 1. The van der Waals surface area contributed by atoms with Crippen LogP contribution in [0.15, 0.2) is 49.2 Å². The molecule has 1 heterocycles. The number of nitrogens with zero attached hydrogens (tertiary/aromatic N) is 1. The normalized spacial score (nSPS) is 11.5. The second kappa shape index (κ2) is 7.41. The van der Waals surface area contributed by atoms with E-state index in [2.05, 4.69) is 16.9 Å². The number of hydrogen-bond acceptors (Lipinski definition) is 3. The third-order valence-corrected chi connectivity index (χ3v) is 3.40. The van der Waals surface area contributed by atoms with Crippen molar-refractivity contribution in [3.8, 4) is 5.75 Å². The molecule has 0 aliphatic rings. The van der Waals surface area contributed by atoms with Gasteiger partial charge in [0.05, 0.1) is 31.5 Å². The lowest BCUT2D eigenvalue weighted by Gasteiger charge is -2.14. The molecule has 0 unspecified atom stereocenters. The fourth-order valence-corrected chi connectivity index (χ4v) is 2.09. The fourth-order valence-electron chi connectivity index (χ4n) is 2.09. The monoisotopic (exact) mass is 296 g/mol. The molecule has 114 valence electrons. The molecule has 4 nitrogen and oxygen atoms in total. The molecule has 1 aromatic heterocycles. The van der Waals surface area contributed by atoms with Crippen LogP contribution in [0.5, 0.6) is 5.75 Å². The zero-order chi connectivity index (χ0) is 15.9. The SMILES string of the molecule is C=Cc1ccc(CC(=O)N[C@H](C)c2ccc(OC)cn2)cc1. The minimum atomic E-state index is -0.147. The molecular weight excluding hydrogens is 276 g/mol. The predicted molar refractivity (Wildman–Crippen MR) is 87.6 cm³/mol. The maximum Gasteiger partial charge on any atom is 0.224 e. The number of ether oxygens (including phenoxy) is 1. The Kier molecular flexibility index (Phi) is 5.31. The quantitative estimate of drug-likeness (QED) is 0.891. The van der Waals surface area contributed by atoms with Crippen LogP contribution >= 0.6 is 0 Å². The average molecular weight is 296 g/mol. The van der Waals surface area contributed by atoms with Gasteiger partial charge in [-0.3, -0.25) is 9.78 Å². The average Bonchev–Trinajstić information content (AvgIpc) is 2.55. The molecular formula is C18H20N2O2. The minimum absolute atomic E-state index is 0.0310. The van der Waals surface area contributed by atoms with Gasteiger partial charge in [-0.2, -0.15) is 0 Å². The van der Waals surface area contributed by atoms with Gasteiger partial charge >= 0.3 is 0 Å². The molecule has 2 aromatic rings. The van der Waals surface area contributed by atoms with Crippen molar-refractivity contribution in [3.05, 3.63) is 66.0 Å². The summed E-state index contributed by atoms with van der Waals surface area (Å²) in [7, 11) is 1.60. The van der Waals surface area contributed by atoms with Gasteiger partial charge in [-0.25, -0.2) is 0 Å². The largest absolute Gasteiger partial charge is 0.495 e. The second-order valence-corrected chi connectivity index (χ2v) is 5.03. The molecule has 1 aromatic carbocycles. The number of carbonyl (C=O) groups excluding carboxylic acids is 1. The van der Waals surface area contributed by atoms with E-state index >= 15 is 0 Å². The van der Waals surface area contributed by atoms with Crippen LogP contribution in [0.4, 0.5) is 0 Å². The Morgan fingerprint density at radius 1 is 1.32 bits per heavy atom. The number of pyridine rings is 1. The maximum atomic E-state index is 12.1. The molecule has 0 spiro atoms. The van der Waals surface area contributed by atoms with Gasteiger partial charge in [0.2, 0.25) is 5.91 Å². The van der Waals surface area contributed by atoms with Gasteiger partial charge in [0.25, 0.3) is 0 Å². The summed E-state index contributed by atoms with van der Waals surface area (Å²) in [5, 5.41) is 2.95. The van der Waals surface area contributed by atoms with Crippen LogP contribution in [-0.4, -0.2) is 18.0 Å².